The highest BCUT2D eigenvalue weighted by molar-refractivity contribution is 5.55. The summed E-state index contributed by atoms with van der Waals surface area (Å²) in [5.41, 5.74) is 0.771. The number of aromatic hydroxyl groups is 1. The van der Waals surface area contributed by atoms with E-state index in [-0.39, 0.29) is 5.75 Å². The van der Waals surface area contributed by atoms with Gasteiger partial charge in [0.1, 0.15) is 5.75 Å². The third-order valence-electron chi connectivity index (χ3n) is 3.76. The fraction of sp³-hybridized carbons (Fsp3) is 0.467. The van der Waals surface area contributed by atoms with E-state index in [9.17, 15) is 5.11 Å². The lowest BCUT2D eigenvalue weighted by Gasteiger charge is -2.07. The van der Waals surface area contributed by atoms with Crippen molar-refractivity contribution in [3.63, 3.8) is 0 Å². The summed E-state index contributed by atoms with van der Waals surface area (Å²) in [6.07, 6.45) is 7.43. The first-order valence-electron chi connectivity index (χ1n) is 6.96. The number of phenolic OH excluding ortho intramolecular Hbond substituents is 1. The zero-order valence-corrected chi connectivity index (χ0v) is 10.9. The Bertz CT molecular complexity index is 543. The predicted octanol–water partition coefficient (Wildman–Crippen LogP) is 3.88. The van der Waals surface area contributed by atoms with Gasteiger partial charge in [-0.3, -0.25) is 0 Å². The van der Waals surface area contributed by atoms with Gasteiger partial charge in [-0.05, 0) is 31.0 Å². The molecule has 0 bridgehead atoms. The largest absolute Gasteiger partial charge is 0.508 e. The third-order valence-corrected chi connectivity index (χ3v) is 3.76. The zero-order valence-electron chi connectivity index (χ0n) is 10.9. The van der Waals surface area contributed by atoms with Crippen LogP contribution in [0, 0.1) is 0 Å². The molecule has 100 valence electrons. The lowest BCUT2D eigenvalue weighted by atomic mass is 10.00. The predicted molar refractivity (Wildman–Crippen MR) is 71.8 cm³/mol. The van der Waals surface area contributed by atoms with E-state index in [1.165, 1.54) is 25.7 Å². The van der Waals surface area contributed by atoms with Crippen LogP contribution in [0.1, 0.15) is 50.3 Å². The smallest absolute Gasteiger partial charge is 0.258 e. The molecule has 1 aliphatic rings. The Morgan fingerprint density at radius 1 is 1.11 bits per heavy atom. The fourth-order valence-corrected chi connectivity index (χ4v) is 2.69. The maximum Gasteiger partial charge on any atom is 0.258 e. The van der Waals surface area contributed by atoms with E-state index in [1.54, 1.807) is 18.2 Å². The molecule has 1 fully saturated rings. The van der Waals surface area contributed by atoms with Crippen LogP contribution in [0.2, 0.25) is 0 Å². The molecule has 1 saturated carbocycles. The maximum absolute atomic E-state index is 9.48. The number of aromatic nitrogens is 2. The van der Waals surface area contributed by atoms with E-state index in [2.05, 4.69) is 10.1 Å². The highest BCUT2D eigenvalue weighted by atomic mass is 16.5. The third kappa shape index (κ3) is 2.78. The number of rotatable bonds is 2. The van der Waals surface area contributed by atoms with Crippen LogP contribution in [0.5, 0.6) is 5.75 Å². The minimum absolute atomic E-state index is 0.215. The van der Waals surface area contributed by atoms with Gasteiger partial charge in [-0.15, -0.1) is 0 Å². The first-order chi connectivity index (χ1) is 9.33. The Morgan fingerprint density at radius 2 is 1.89 bits per heavy atom. The zero-order chi connectivity index (χ0) is 13.1. The van der Waals surface area contributed by atoms with Crippen molar-refractivity contribution in [2.24, 2.45) is 0 Å². The summed E-state index contributed by atoms with van der Waals surface area (Å²) in [7, 11) is 0. The fourth-order valence-electron chi connectivity index (χ4n) is 2.69. The van der Waals surface area contributed by atoms with Gasteiger partial charge in [-0.25, -0.2) is 0 Å². The van der Waals surface area contributed by atoms with Crippen LogP contribution in [-0.4, -0.2) is 15.2 Å². The Morgan fingerprint density at radius 3 is 2.63 bits per heavy atom. The monoisotopic (exact) mass is 258 g/mol. The molecular weight excluding hydrogens is 240 g/mol. The molecule has 1 heterocycles. The van der Waals surface area contributed by atoms with Crippen LogP contribution in [-0.2, 0) is 0 Å². The molecule has 0 radical (unpaired) electrons. The van der Waals surface area contributed by atoms with Gasteiger partial charge in [-0.2, -0.15) is 4.98 Å². The molecule has 1 aromatic carbocycles. The van der Waals surface area contributed by atoms with Crippen LogP contribution in [0.25, 0.3) is 11.5 Å². The average Bonchev–Trinajstić information content (AvgIpc) is 2.75. The summed E-state index contributed by atoms with van der Waals surface area (Å²) in [6, 6.07) is 6.92. The van der Waals surface area contributed by atoms with Gasteiger partial charge >= 0.3 is 0 Å². The van der Waals surface area contributed by atoms with Crippen molar-refractivity contribution in [3.05, 3.63) is 30.1 Å². The molecule has 1 N–H and O–H groups in total. The number of phenols is 1. The second-order valence-corrected chi connectivity index (χ2v) is 5.20. The molecule has 3 rings (SSSR count). The summed E-state index contributed by atoms with van der Waals surface area (Å²) in [5, 5.41) is 13.6. The van der Waals surface area contributed by atoms with Crippen LogP contribution in [0.15, 0.2) is 28.8 Å². The summed E-state index contributed by atoms with van der Waals surface area (Å²) >= 11 is 0. The van der Waals surface area contributed by atoms with Gasteiger partial charge in [0.05, 0.1) is 0 Å². The molecule has 0 unspecified atom stereocenters. The first-order valence-corrected chi connectivity index (χ1v) is 6.96. The van der Waals surface area contributed by atoms with E-state index in [4.69, 9.17) is 4.52 Å². The van der Waals surface area contributed by atoms with E-state index in [1.807, 2.05) is 6.07 Å². The molecule has 0 atom stereocenters. The van der Waals surface area contributed by atoms with Gasteiger partial charge < -0.3 is 9.63 Å². The molecule has 0 spiro atoms. The minimum Gasteiger partial charge on any atom is -0.508 e. The van der Waals surface area contributed by atoms with Gasteiger partial charge in [0.15, 0.2) is 5.82 Å². The van der Waals surface area contributed by atoms with Crippen molar-refractivity contribution < 1.29 is 9.63 Å². The highest BCUT2D eigenvalue weighted by Gasteiger charge is 2.20. The molecule has 2 aromatic rings. The Kier molecular flexibility index (Phi) is 3.49. The molecule has 0 amide bonds. The van der Waals surface area contributed by atoms with Gasteiger partial charge in [0, 0.05) is 11.5 Å². The second-order valence-electron chi connectivity index (χ2n) is 5.20. The summed E-state index contributed by atoms with van der Waals surface area (Å²) in [5.74, 6) is 1.96. The molecule has 0 saturated heterocycles. The lowest BCUT2D eigenvalue weighted by Crippen LogP contribution is -1.99. The molecule has 19 heavy (non-hydrogen) atoms. The van der Waals surface area contributed by atoms with E-state index in [0.29, 0.717) is 11.8 Å². The molecule has 1 aromatic heterocycles. The molecule has 0 aliphatic heterocycles. The number of hydrogen-bond donors (Lipinski definition) is 1. The summed E-state index contributed by atoms with van der Waals surface area (Å²) in [4.78, 5) is 4.50. The van der Waals surface area contributed by atoms with Crippen LogP contribution < -0.4 is 0 Å². The average molecular weight is 258 g/mol. The van der Waals surface area contributed by atoms with Gasteiger partial charge in [-0.1, -0.05) is 36.9 Å². The minimum atomic E-state index is 0.215. The van der Waals surface area contributed by atoms with Crippen molar-refractivity contribution in [3.8, 4) is 17.2 Å². The van der Waals surface area contributed by atoms with E-state index in [0.717, 1.165) is 24.2 Å². The Hall–Kier alpha value is -1.84. The standard InChI is InChI=1S/C15H18N2O2/c18-13-9-5-8-12(10-13)15-16-14(17-19-15)11-6-3-1-2-4-7-11/h5,8-11,18H,1-4,6-7H2. The lowest BCUT2D eigenvalue weighted by molar-refractivity contribution is 0.409. The Balaban J connectivity index is 1.82. The van der Waals surface area contributed by atoms with Gasteiger partial charge in [0.2, 0.25) is 0 Å². The topological polar surface area (TPSA) is 59.2 Å². The van der Waals surface area contributed by atoms with Crippen LogP contribution in [0.4, 0.5) is 0 Å². The molecule has 4 heteroatoms. The second kappa shape index (κ2) is 5.43. The van der Waals surface area contributed by atoms with Crippen LogP contribution in [0.3, 0.4) is 0 Å². The maximum atomic E-state index is 9.48. The van der Waals surface area contributed by atoms with Crippen molar-refractivity contribution in [1.82, 2.24) is 10.1 Å². The Labute approximate surface area is 112 Å². The van der Waals surface area contributed by atoms with E-state index < -0.39 is 0 Å². The SMILES string of the molecule is Oc1cccc(-c2nc(C3CCCCCC3)no2)c1. The number of benzene rings is 1. The summed E-state index contributed by atoms with van der Waals surface area (Å²) in [6.45, 7) is 0. The van der Waals surface area contributed by atoms with Crippen molar-refractivity contribution in [2.75, 3.05) is 0 Å². The summed E-state index contributed by atoms with van der Waals surface area (Å²) < 4.78 is 5.33. The molecule has 1 aliphatic carbocycles. The number of hydrogen-bond acceptors (Lipinski definition) is 4. The number of nitrogens with zero attached hydrogens (tertiary/aromatic N) is 2. The van der Waals surface area contributed by atoms with Crippen molar-refractivity contribution in [2.45, 2.75) is 44.4 Å². The molecular formula is C15H18N2O2. The normalized spacial score (nSPS) is 17.3. The highest BCUT2D eigenvalue weighted by Crippen LogP contribution is 2.31. The van der Waals surface area contributed by atoms with Gasteiger partial charge in [0.25, 0.3) is 5.89 Å². The van der Waals surface area contributed by atoms with Crippen molar-refractivity contribution in [1.29, 1.82) is 0 Å². The van der Waals surface area contributed by atoms with Crippen LogP contribution >= 0.6 is 0 Å². The van der Waals surface area contributed by atoms with Crippen molar-refractivity contribution >= 4 is 0 Å². The molecule has 4 nitrogen and oxygen atoms in total. The quantitative estimate of drug-likeness (QED) is 0.830. The van der Waals surface area contributed by atoms with E-state index >= 15 is 0 Å². The first kappa shape index (κ1) is 12.2.